The summed E-state index contributed by atoms with van der Waals surface area (Å²) in [6.07, 6.45) is 1.62. The zero-order valence-electron chi connectivity index (χ0n) is 6.91. The fourth-order valence-corrected chi connectivity index (χ4v) is 1.19. The Kier molecular flexibility index (Phi) is 1.70. The van der Waals surface area contributed by atoms with Crippen molar-refractivity contribution < 1.29 is 0 Å². The van der Waals surface area contributed by atoms with Gasteiger partial charge in [0.25, 0.3) is 0 Å². The zero-order valence-corrected chi connectivity index (χ0v) is 6.91. The van der Waals surface area contributed by atoms with E-state index in [0.29, 0.717) is 5.56 Å². The van der Waals surface area contributed by atoms with Gasteiger partial charge in [0.2, 0.25) is 0 Å². The van der Waals surface area contributed by atoms with Crippen LogP contribution in [-0.2, 0) is 0 Å². The van der Waals surface area contributed by atoms with Gasteiger partial charge in [-0.3, -0.25) is 10.4 Å². The molecule has 1 heterocycles. The largest absolute Gasteiger partial charge is 0.384 e. The summed E-state index contributed by atoms with van der Waals surface area (Å²) in [6, 6.07) is 10.2. The molecule has 0 unspecified atom stereocenters. The quantitative estimate of drug-likeness (QED) is 0.500. The van der Waals surface area contributed by atoms with E-state index in [1.807, 2.05) is 18.2 Å². The Morgan fingerprint density at radius 1 is 1.46 bits per heavy atom. The number of nitrogens with one attached hydrogen (secondary N) is 1. The van der Waals surface area contributed by atoms with Crippen molar-refractivity contribution in [2.24, 2.45) is 5.73 Å². The van der Waals surface area contributed by atoms with Gasteiger partial charge in [0.1, 0.15) is 5.84 Å². The maximum absolute atomic E-state index is 7.26. The minimum Gasteiger partial charge on any atom is -0.384 e. The minimum absolute atomic E-state index is 0.0748. The first-order valence-electron chi connectivity index (χ1n) is 3.87. The molecule has 0 bridgehead atoms. The van der Waals surface area contributed by atoms with Gasteiger partial charge in [-0.25, -0.2) is 0 Å². The van der Waals surface area contributed by atoms with E-state index in [0.717, 1.165) is 10.9 Å². The lowest BCUT2D eigenvalue weighted by Crippen LogP contribution is -2.10. The van der Waals surface area contributed by atoms with E-state index in [1.165, 1.54) is 0 Å². The van der Waals surface area contributed by atoms with Crippen LogP contribution in [0.2, 0.25) is 0 Å². The van der Waals surface area contributed by atoms with E-state index in [-0.39, 0.29) is 5.84 Å². The van der Waals surface area contributed by atoms with Gasteiger partial charge in [-0.05, 0) is 24.3 Å². The van der Waals surface area contributed by atoms with Crippen LogP contribution in [0.25, 0.3) is 10.9 Å². The van der Waals surface area contributed by atoms with Crippen molar-refractivity contribution in [2.75, 3.05) is 0 Å². The zero-order chi connectivity index (χ0) is 9.26. The molecule has 1 aromatic carbocycles. The van der Waals surface area contributed by atoms with Crippen LogP contribution in [0.15, 0.2) is 30.5 Å². The Balaban J connectivity index is 2.69. The number of benzene rings is 1. The molecule has 63 valence electrons. The predicted octanol–water partition coefficient (Wildman–Crippen LogP) is 1.32. The molecule has 0 saturated carbocycles. The number of amidine groups is 1. The Labute approximate surface area is 75.7 Å². The van der Waals surface area contributed by atoms with Gasteiger partial charge in [0.05, 0.1) is 5.52 Å². The topological polar surface area (TPSA) is 62.8 Å². The summed E-state index contributed by atoms with van der Waals surface area (Å²) in [7, 11) is 0. The number of nitrogen functional groups attached to an aromatic ring is 1. The molecule has 3 heteroatoms. The number of hydrogen-bond acceptors (Lipinski definition) is 2. The standard InChI is InChI=1S/C10H8N3/c11-10(12)8-3-4-9-7(6-8)2-1-5-13-9/h2-6H,(H3,11,12). The second-order valence-electron chi connectivity index (χ2n) is 2.76. The number of nitrogens with two attached hydrogens (primary N) is 1. The van der Waals surface area contributed by atoms with Crippen LogP contribution in [0.1, 0.15) is 5.56 Å². The summed E-state index contributed by atoms with van der Waals surface area (Å²) in [4.78, 5) is 4.11. The van der Waals surface area contributed by atoms with Gasteiger partial charge < -0.3 is 5.73 Å². The Morgan fingerprint density at radius 2 is 2.31 bits per heavy atom. The molecular weight excluding hydrogens is 162 g/mol. The summed E-state index contributed by atoms with van der Waals surface area (Å²) in [6.45, 7) is 0. The molecule has 13 heavy (non-hydrogen) atoms. The SMILES string of the molecule is N=C(N)c1ccc2nc[c]cc2c1. The molecule has 2 rings (SSSR count). The molecule has 0 amide bonds. The van der Waals surface area contributed by atoms with Crippen LogP contribution in [0.5, 0.6) is 0 Å². The van der Waals surface area contributed by atoms with Crippen LogP contribution < -0.4 is 5.73 Å². The second kappa shape index (κ2) is 2.86. The molecule has 1 aromatic heterocycles. The first-order chi connectivity index (χ1) is 6.27. The summed E-state index contributed by atoms with van der Waals surface area (Å²) in [5, 5.41) is 8.21. The first-order valence-corrected chi connectivity index (χ1v) is 3.87. The Morgan fingerprint density at radius 3 is 3.08 bits per heavy atom. The third kappa shape index (κ3) is 1.36. The molecule has 0 spiro atoms. The number of aromatic nitrogens is 1. The number of nitrogens with zero attached hydrogens (tertiary/aromatic N) is 1. The van der Waals surface area contributed by atoms with E-state index in [1.54, 1.807) is 12.3 Å². The number of fused-ring (bicyclic) bond motifs is 1. The molecule has 3 nitrogen and oxygen atoms in total. The van der Waals surface area contributed by atoms with Crippen molar-refractivity contribution >= 4 is 16.7 Å². The first kappa shape index (κ1) is 7.73. The molecule has 3 N–H and O–H groups in total. The summed E-state index contributed by atoms with van der Waals surface area (Å²) in [5.41, 5.74) is 6.97. The number of pyridine rings is 1. The summed E-state index contributed by atoms with van der Waals surface area (Å²) in [5.74, 6) is 0.0748. The Hall–Kier alpha value is -1.90. The van der Waals surface area contributed by atoms with Crippen LogP contribution in [0.3, 0.4) is 0 Å². The average Bonchev–Trinajstić information content (AvgIpc) is 2.17. The molecular formula is C10H8N3. The smallest absolute Gasteiger partial charge is 0.122 e. The van der Waals surface area contributed by atoms with Crippen molar-refractivity contribution in [1.82, 2.24) is 4.98 Å². The van der Waals surface area contributed by atoms with E-state index in [2.05, 4.69) is 11.1 Å². The van der Waals surface area contributed by atoms with Gasteiger partial charge in [-0.15, -0.1) is 0 Å². The van der Waals surface area contributed by atoms with E-state index in [4.69, 9.17) is 11.1 Å². The molecule has 0 saturated heterocycles. The van der Waals surface area contributed by atoms with Crippen LogP contribution in [-0.4, -0.2) is 10.8 Å². The second-order valence-corrected chi connectivity index (χ2v) is 2.76. The van der Waals surface area contributed by atoms with E-state index in [9.17, 15) is 0 Å². The highest BCUT2D eigenvalue weighted by molar-refractivity contribution is 5.98. The normalized spacial score (nSPS) is 10.2. The summed E-state index contributed by atoms with van der Waals surface area (Å²) < 4.78 is 0. The predicted molar refractivity (Wildman–Crippen MR) is 51.6 cm³/mol. The van der Waals surface area contributed by atoms with Gasteiger partial charge in [-0.2, -0.15) is 0 Å². The number of hydrogen-bond donors (Lipinski definition) is 2. The fourth-order valence-electron chi connectivity index (χ4n) is 1.19. The molecule has 0 aliphatic rings. The lowest BCUT2D eigenvalue weighted by molar-refractivity contribution is 1.39. The lowest BCUT2D eigenvalue weighted by Gasteiger charge is -1.99. The highest BCUT2D eigenvalue weighted by Crippen LogP contribution is 2.12. The maximum atomic E-state index is 7.26. The highest BCUT2D eigenvalue weighted by atomic mass is 14.7. The van der Waals surface area contributed by atoms with Gasteiger partial charge in [-0.1, -0.05) is 0 Å². The molecule has 0 aliphatic heterocycles. The number of rotatable bonds is 1. The van der Waals surface area contributed by atoms with Crippen LogP contribution in [0, 0.1) is 11.5 Å². The van der Waals surface area contributed by atoms with Crippen molar-refractivity contribution in [1.29, 1.82) is 5.41 Å². The average molecular weight is 170 g/mol. The minimum atomic E-state index is 0.0748. The monoisotopic (exact) mass is 170 g/mol. The van der Waals surface area contributed by atoms with Crippen LogP contribution >= 0.6 is 0 Å². The molecule has 1 radical (unpaired) electrons. The molecule has 2 aromatic rings. The van der Waals surface area contributed by atoms with Gasteiger partial charge in [0, 0.05) is 23.2 Å². The van der Waals surface area contributed by atoms with Gasteiger partial charge in [0.15, 0.2) is 0 Å². The lowest BCUT2D eigenvalue weighted by atomic mass is 10.1. The van der Waals surface area contributed by atoms with Crippen molar-refractivity contribution in [3.63, 3.8) is 0 Å². The maximum Gasteiger partial charge on any atom is 0.122 e. The van der Waals surface area contributed by atoms with Gasteiger partial charge >= 0.3 is 0 Å². The van der Waals surface area contributed by atoms with Crippen molar-refractivity contribution in [3.05, 3.63) is 42.1 Å². The van der Waals surface area contributed by atoms with Crippen molar-refractivity contribution in [2.45, 2.75) is 0 Å². The molecule has 0 aliphatic carbocycles. The molecule has 0 fully saturated rings. The fraction of sp³-hybridized carbons (Fsp3) is 0. The summed E-state index contributed by atoms with van der Waals surface area (Å²) >= 11 is 0. The highest BCUT2D eigenvalue weighted by Gasteiger charge is 1.98. The third-order valence-corrected chi connectivity index (χ3v) is 1.86. The third-order valence-electron chi connectivity index (χ3n) is 1.86. The van der Waals surface area contributed by atoms with E-state index >= 15 is 0 Å². The van der Waals surface area contributed by atoms with Crippen LogP contribution in [0.4, 0.5) is 0 Å². The van der Waals surface area contributed by atoms with E-state index < -0.39 is 0 Å². The van der Waals surface area contributed by atoms with Crippen molar-refractivity contribution in [3.8, 4) is 0 Å². The Bertz CT molecular complexity index is 462. The molecule has 0 atom stereocenters.